The maximum absolute atomic E-state index is 5.77. The SMILES string of the molecule is Cc1cn(-c2ccccc2)c(N2CCC(CN)CC2)n1. The van der Waals surface area contributed by atoms with Crippen molar-refractivity contribution in [2.24, 2.45) is 11.7 Å². The van der Waals surface area contributed by atoms with E-state index in [4.69, 9.17) is 10.7 Å². The Morgan fingerprint density at radius 3 is 2.55 bits per heavy atom. The second kappa shape index (κ2) is 5.67. The van der Waals surface area contributed by atoms with Crippen LogP contribution in [0, 0.1) is 12.8 Å². The van der Waals surface area contributed by atoms with Gasteiger partial charge in [-0.25, -0.2) is 4.98 Å². The topological polar surface area (TPSA) is 47.1 Å². The van der Waals surface area contributed by atoms with E-state index in [1.807, 2.05) is 6.07 Å². The normalized spacial score (nSPS) is 16.6. The van der Waals surface area contributed by atoms with Crippen LogP contribution in [0.2, 0.25) is 0 Å². The number of anilines is 1. The summed E-state index contributed by atoms with van der Waals surface area (Å²) in [5.74, 6) is 1.73. The number of para-hydroxylation sites is 1. The molecule has 0 aliphatic carbocycles. The molecule has 20 heavy (non-hydrogen) atoms. The molecular weight excluding hydrogens is 248 g/mol. The standard InChI is InChI=1S/C16H22N4/c1-13-12-20(15-5-3-2-4-6-15)16(18-13)19-9-7-14(11-17)8-10-19/h2-6,12,14H,7-11,17H2,1H3. The molecular formula is C16H22N4. The van der Waals surface area contributed by atoms with Gasteiger partial charge in [-0.15, -0.1) is 0 Å². The molecule has 0 bridgehead atoms. The van der Waals surface area contributed by atoms with Crippen molar-refractivity contribution in [1.29, 1.82) is 0 Å². The van der Waals surface area contributed by atoms with Gasteiger partial charge in [-0.05, 0) is 44.4 Å². The van der Waals surface area contributed by atoms with Crippen LogP contribution in [0.3, 0.4) is 0 Å². The summed E-state index contributed by atoms with van der Waals surface area (Å²) in [6.07, 6.45) is 4.44. The van der Waals surface area contributed by atoms with Crippen molar-refractivity contribution in [3.05, 3.63) is 42.2 Å². The first-order valence-electron chi connectivity index (χ1n) is 7.34. The van der Waals surface area contributed by atoms with Gasteiger partial charge in [-0.1, -0.05) is 18.2 Å². The van der Waals surface area contributed by atoms with Gasteiger partial charge in [0.05, 0.1) is 5.69 Å². The molecule has 1 aromatic carbocycles. The molecule has 1 saturated heterocycles. The largest absolute Gasteiger partial charge is 0.342 e. The second-order valence-electron chi connectivity index (χ2n) is 5.55. The van der Waals surface area contributed by atoms with Crippen LogP contribution in [0.15, 0.2) is 36.5 Å². The number of hydrogen-bond acceptors (Lipinski definition) is 3. The maximum Gasteiger partial charge on any atom is 0.210 e. The number of aromatic nitrogens is 2. The van der Waals surface area contributed by atoms with E-state index in [2.05, 4.69) is 46.9 Å². The van der Waals surface area contributed by atoms with Crippen molar-refractivity contribution < 1.29 is 0 Å². The van der Waals surface area contributed by atoms with E-state index in [9.17, 15) is 0 Å². The van der Waals surface area contributed by atoms with Gasteiger partial charge in [0.25, 0.3) is 0 Å². The van der Waals surface area contributed by atoms with Crippen molar-refractivity contribution in [2.45, 2.75) is 19.8 Å². The van der Waals surface area contributed by atoms with E-state index in [-0.39, 0.29) is 0 Å². The number of benzene rings is 1. The zero-order valence-electron chi connectivity index (χ0n) is 12.0. The summed E-state index contributed by atoms with van der Waals surface area (Å²) in [4.78, 5) is 7.10. The summed E-state index contributed by atoms with van der Waals surface area (Å²) in [5.41, 5.74) is 8.00. The summed E-state index contributed by atoms with van der Waals surface area (Å²) >= 11 is 0. The molecule has 2 aromatic rings. The molecule has 0 radical (unpaired) electrons. The average molecular weight is 270 g/mol. The van der Waals surface area contributed by atoms with Gasteiger partial charge in [0.15, 0.2) is 0 Å². The van der Waals surface area contributed by atoms with Crippen LogP contribution in [0.4, 0.5) is 5.95 Å². The van der Waals surface area contributed by atoms with Gasteiger partial charge in [0, 0.05) is 25.0 Å². The third kappa shape index (κ3) is 2.56. The van der Waals surface area contributed by atoms with Crippen LogP contribution in [-0.4, -0.2) is 29.2 Å². The highest BCUT2D eigenvalue weighted by atomic mass is 15.3. The first-order valence-corrected chi connectivity index (χ1v) is 7.34. The molecule has 1 aliphatic rings. The van der Waals surface area contributed by atoms with Crippen molar-refractivity contribution in [3.8, 4) is 5.69 Å². The number of nitrogens with two attached hydrogens (primary N) is 1. The van der Waals surface area contributed by atoms with Crippen LogP contribution >= 0.6 is 0 Å². The Hall–Kier alpha value is -1.81. The molecule has 1 aliphatic heterocycles. The second-order valence-corrected chi connectivity index (χ2v) is 5.55. The van der Waals surface area contributed by atoms with E-state index >= 15 is 0 Å². The van der Waals surface area contributed by atoms with Crippen molar-refractivity contribution in [3.63, 3.8) is 0 Å². The number of piperidine rings is 1. The highest BCUT2D eigenvalue weighted by molar-refractivity contribution is 5.45. The van der Waals surface area contributed by atoms with Crippen LogP contribution in [0.25, 0.3) is 5.69 Å². The van der Waals surface area contributed by atoms with E-state index in [0.29, 0.717) is 5.92 Å². The highest BCUT2D eigenvalue weighted by Crippen LogP contribution is 2.25. The number of imidazole rings is 1. The van der Waals surface area contributed by atoms with Crippen LogP contribution in [0.5, 0.6) is 0 Å². The highest BCUT2D eigenvalue weighted by Gasteiger charge is 2.22. The van der Waals surface area contributed by atoms with Gasteiger partial charge in [-0.2, -0.15) is 0 Å². The Morgan fingerprint density at radius 1 is 1.20 bits per heavy atom. The molecule has 3 rings (SSSR count). The summed E-state index contributed by atoms with van der Waals surface area (Å²) < 4.78 is 2.19. The van der Waals surface area contributed by atoms with Gasteiger partial charge < -0.3 is 10.6 Å². The average Bonchev–Trinajstić information content (AvgIpc) is 2.90. The molecule has 0 spiro atoms. The molecule has 1 aromatic heterocycles. The molecule has 2 N–H and O–H groups in total. The van der Waals surface area contributed by atoms with E-state index in [0.717, 1.165) is 44.1 Å². The number of aryl methyl sites for hydroxylation is 1. The minimum absolute atomic E-state index is 0.674. The summed E-state index contributed by atoms with van der Waals surface area (Å²) in [6.45, 7) is 4.95. The lowest BCUT2D eigenvalue weighted by Gasteiger charge is -2.32. The van der Waals surface area contributed by atoms with Crippen LogP contribution in [-0.2, 0) is 0 Å². The zero-order chi connectivity index (χ0) is 13.9. The lowest BCUT2D eigenvalue weighted by Crippen LogP contribution is -2.37. The molecule has 4 nitrogen and oxygen atoms in total. The Morgan fingerprint density at radius 2 is 1.90 bits per heavy atom. The lowest BCUT2D eigenvalue weighted by molar-refractivity contribution is 0.410. The van der Waals surface area contributed by atoms with Crippen molar-refractivity contribution >= 4 is 5.95 Å². The van der Waals surface area contributed by atoms with Gasteiger partial charge in [-0.3, -0.25) is 4.57 Å². The molecule has 1 fully saturated rings. The minimum Gasteiger partial charge on any atom is -0.342 e. The lowest BCUT2D eigenvalue weighted by atomic mass is 9.97. The Kier molecular flexibility index (Phi) is 3.74. The summed E-state index contributed by atoms with van der Waals surface area (Å²) in [7, 11) is 0. The van der Waals surface area contributed by atoms with Crippen LogP contribution < -0.4 is 10.6 Å². The molecule has 0 unspecified atom stereocenters. The molecule has 0 amide bonds. The summed E-state index contributed by atoms with van der Waals surface area (Å²) in [6, 6.07) is 10.4. The third-order valence-corrected chi connectivity index (χ3v) is 4.07. The Labute approximate surface area is 120 Å². The number of nitrogens with zero attached hydrogens (tertiary/aromatic N) is 3. The fourth-order valence-corrected chi connectivity index (χ4v) is 2.86. The van der Waals surface area contributed by atoms with E-state index < -0.39 is 0 Å². The fraction of sp³-hybridized carbons (Fsp3) is 0.438. The number of hydrogen-bond donors (Lipinski definition) is 1. The third-order valence-electron chi connectivity index (χ3n) is 4.07. The zero-order valence-corrected chi connectivity index (χ0v) is 12.0. The van der Waals surface area contributed by atoms with Gasteiger partial charge in [0.1, 0.15) is 0 Å². The number of rotatable bonds is 3. The van der Waals surface area contributed by atoms with Crippen LogP contribution in [0.1, 0.15) is 18.5 Å². The Bertz CT molecular complexity index is 553. The van der Waals surface area contributed by atoms with Gasteiger partial charge in [0.2, 0.25) is 5.95 Å². The van der Waals surface area contributed by atoms with Crippen molar-refractivity contribution in [2.75, 3.05) is 24.5 Å². The molecule has 2 heterocycles. The fourth-order valence-electron chi connectivity index (χ4n) is 2.86. The van der Waals surface area contributed by atoms with Crippen molar-refractivity contribution in [1.82, 2.24) is 9.55 Å². The molecule has 0 saturated carbocycles. The van der Waals surface area contributed by atoms with E-state index in [1.165, 1.54) is 5.69 Å². The van der Waals surface area contributed by atoms with E-state index in [1.54, 1.807) is 0 Å². The summed E-state index contributed by atoms with van der Waals surface area (Å²) in [5, 5.41) is 0. The monoisotopic (exact) mass is 270 g/mol. The molecule has 4 heteroatoms. The Balaban J connectivity index is 1.87. The predicted octanol–water partition coefficient (Wildman–Crippen LogP) is 2.36. The quantitative estimate of drug-likeness (QED) is 0.931. The minimum atomic E-state index is 0.674. The smallest absolute Gasteiger partial charge is 0.210 e. The maximum atomic E-state index is 5.77. The predicted molar refractivity (Wildman–Crippen MR) is 82.3 cm³/mol. The molecule has 106 valence electrons. The first kappa shape index (κ1) is 13.2. The first-order chi connectivity index (χ1) is 9.78. The van der Waals surface area contributed by atoms with Gasteiger partial charge >= 0.3 is 0 Å². The molecule has 0 atom stereocenters.